The number of carbonyl (C=O) groups is 1. The van der Waals surface area contributed by atoms with Crippen LogP contribution in [0.5, 0.6) is 0 Å². The molecule has 1 aromatic heterocycles. The fourth-order valence-electron chi connectivity index (χ4n) is 3.22. The summed E-state index contributed by atoms with van der Waals surface area (Å²) in [5, 5.41) is 0. The summed E-state index contributed by atoms with van der Waals surface area (Å²) in [5.41, 5.74) is 6.25. The van der Waals surface area contributed by atoms with E-state index in [2.05, 4.69) is 4.98 Å². The van der Waals surface area contributed by atoms with Gasteiger partial charge in [0, 0.05) is 11.8 Å². The van der Waals surface area contributed by atoms with E-state index < -0.39 is 0 Å². The predicted molar refractivity (Wildman–Crippen MR) is 112 cm³/mol. The highest BCUT2D eigenvalue weighted by Gasteiger charge is 2.22. The lowest BCUT2D eigenvalue weighted by Crippen LogP contribution is -2.07. The van der Waals surface area contributed by atoms with Gasteiger partial charge in [0.2, 0.25) is 0 Å². The Labute approximate surface area is 164 Å². The highest BCUT2D eigenvalue weighted by Crippen LogP contribution is 2.33. The number of benzene rings is 3. The quantitative estimate of drug-likeness (QED) is 0.439. The molecule has 3 nitrogen and oxygen atoms in total. The van der Waals surface area contributed by atoms with Crippen molar-refractivity contribution in [2.24, 2.45) is 0 Å². The Morgan fingerprint density at radius 1 is 0.821 bits per heavy atom. The van der Waals surface area contributed by atoms with Crippen LogP contribution >= 0.6 is 0 Å². The van der Waals surface area contributed by atoms with Crippen molar-refractivity contribution in [3.63, 3.8) is 0 Å². The van der Waals surface area contributed by atoms with Crippen molar-refractivity contribution in [3.05, 3.63) is 108 Å². The Hall–Kier alpha value is -3.59. The number of H-pyrrole nitrogens is 1. The molecule has 1 heterocycles. The minimum atomic E-state index is -0.334. The van der Waals surface area contributed by atoms with E-state index in [-0.39, 0.29) is 12.6 Å². The number of aromatic amines is 1. The lowest BCUT2D eigenvalue weighted by Gasteiger charge is -2.09. The SMILES string of the molecule is Cc1ccc(-c2[nH]cc(-c3ccccc3)c2C(=O)OCc2ccccc2)cc1. The standard InChI is InChI=1S/C25H21NO2/c1-18-12-14-21(15-13-18)24-23(22(16-26-24)20-10-6-3-7-11-20)25(27)28-17-19-8-4-2-5-9-19/h2-16,26H,17H2,1H3. The van der Waals surface area contributed by atoms with Crippen LogP contribution in [0.15, 0.2) is 91.1 Å². The largest absolute Gasteiger partial charge is 0.457 e. The van der Waals surface area contributed by atoms with E-state index in [1.807, 2.05) is 98.0 Å². The van der Waals surface area contributed by atoms with E-state index in [1.54, 1.807) is 0 Å². The molecule has 0 unspecified atom stereocenters. The molecule has 4 aromatic rings. The molecule has 0 saturated heterocycles. The first-order valence-electron chi connectivity index (χ1n) is 9.27. The van der Waals surface area contributed by atoms with Crippen LogP contribution in [-0.2, 0) is 11.3 Å². The van der Waals surface area contributed by atoms with Gasteiger partial charge in [-0.3, -0.25) is 0 Å². The van der Waals surface area contributed by atoms with Gasteiger partial charge in [0.1, 0.15) is 6.61 Å². The number of hydrogen-bond donors (Lipinski definition) is 1. The van der Waals surface area contributed by atoms with Gasteiger partial charge in [-0.2, -0.15) is 0 Å². The maximum atomic E-state index is 13.1. The van der Waals surface area contributed by atoms with Crippen molar-refractivity contribution >= 4 is 5.97 Å². The maximum Gasteiger partial charge on any atom is 0.341 e. The topological polar surface area (TPSA) is 42.1 Å². The first kappa shape index (κ1) is 17.8. The minimum Gasteiger partial charge on any atom is -0.457 e. The molecule has 0 radical (unpaired) electrons. The van der Waals surface area contributed by atoms with Crippen molar-refractivity contribution in [2.75, 3.05) is 0 Å². The molecule has 0 aliphatic carbocycles. The Bertz CT molecular complexity index is 1060. The van der Waals surface area contributed by atoms with Crippen LogP contribution in [0.25, 0.3) is 22.4 Å². The molecule has 0 bridgehead atoms. The van der Waals surface area contributed by atoms with Gasteiger partial charge in [-0.1, -0.05) is 90.5 Å². The zero-order valence-electron chi connectivity index (χ0n) is 15.7. The normalized spacial score (nSPS) is 10.6. The monoisotopic (exact) mass is 367 g/mol. The molecule has 0 spiro atoms. The lowest BCUT2D eigenvalue weighted by atomic mass is 9.99. The van der Waals surface area contributed by atoms with Crippen molar-refractivity contribution < 1.29 is 9.53 Å². The Kier molecular flexibility index (Phi) is 5.07. The molecule has 138 valence electrons. The molecule has 28 heavy (non-hydrogen) atoms. The molecule has 3 aromatic carbocycles. The summed E-state index contributed by atoms with van der Waals surface area (Å²) in [6, 6.07) is 27.7. The Balaban J connectivity index is 1.72. The van der Waals surface area contributed by atoms with Crippen LogP contribution in [-0.4, -0.2) is 11.0 Å². The molecular weight excluding hydrogens is 346 g/mol. The average molecular weight is 367 g/mol. The average Bonchev–Trinajstić information content (AvgIpc) is 3.19. The van der Waals surface area contributed by atoms with E-state index >= 15 is 0 Å². The molecule has 1 N–H and O–H groups in total. The number of aryl methyl sites for hydroxylation is 1. The molecule has 3 heteroatoms. The van der Waals surface area contributed by atoms with Crippen molar-refractivity contribution in [2.45, 2.75) is 13.5 Å². The van der Waals surface area contributed by atoms with Crippen molar-refractivity contribution in [3.8, 4) is 22.4 Å². The molecule has 0 atom stereocenters. The third kappa shape index (κ3) is 3.74. The molecule has 4 rings (SSSR count). The summed E-state index contributed by atoms with van der Waals surface area (Å²) in [6.45, 7) is 2.29. The van der Waals surface area contributed by atoms with Crippen LogP contribution in [0.3, 0.4) is 0 Å². The van der Waals surface area contributed by atoms with Crippen LogP contribution in [0.4, 0.5) is 0 Å². The summed E-state index contributed by atoms with van der Waals surface area (Å²) in [4.78, 5) is 16.4. The number of nitrogens with one attached hydrogen (secondary N) is 1. The fraction of sp³-hybridized carbons (Fsp3) is 0.0800. The van der Waals surface area contributed by atoms with Crippen molar-refractivity contribution in [1.82, 2.24) is 4.98 Å². The second-order valence-electron chi connectivity index (χ2n) is 6.75. The van der Waals surface area contributed by atoms with Crippen molar-refractivity contribution in [1.29, 1.82) is 0 Å². The van der Waals surface area contributed by atoms with Gasteiger partial charge in [0.25, 0.3) is 0 Å². The van der Waals surface area contributed by atoms with Gasteiger partial charge in [0.05, 0.1) is 11.3 Å². The number of esters is 1. The Morgan fingerprint density at radius 3 is 2.14 bits per heavy atom. The number of aromatic nitrogens is 1. The molecular formula is C25H21NO2. The van der Waals surface area contributed by atoms with Gasteiger partial charge < -0.3 is 9.72 Å². The summed E-state index contributed by atoms with van der Waals surface area (Å²) < 4.78 is 5.66. The second-order valence-corrected chi connectivity index (χ2v) is 6.75. The molecule has 0 aliphatic rings. The third-order valence-electron chi connectivity index (χ3n) is 4.72. The molecule has 0 aliphatic heterocycles. The van der Waals surface area contributed by atoms with Gasteiger partial charge in [0.15, 0.2) is 0 Å². The summed E-state index contributed by atoms with van der Waals surface area (Å²) >= 11 is 0. The predicted octanol–water partition coefficient (Wildman–Crippen LogP) is 6.01. The van der Waals surface area contributed by atoms with Crippen LogP contribution in [0.2, 0.25) is 0 Å². The summed E-state index contributed by atoms with van der Waals surface area (Å²) in [7, 11) is 0. The first-order valence-corrected chi connectivity index (χ1v) is 9.27. The number of rotatable bonds is 5. The molecule has 0 saturated carbocycles. The number of hydrogen-bond acceptors (Lipinski definition) is 2. The highest BCUT2D eigenvalue weighted by molar-refractivity contribution is 6.03. The smallest absolute Gasteiger partial charge is 0.341 e. The lowest BCUT2D eigenvalue weighted by molar-refractivity contribution is 0.0475. The van der Waals surface area contributed by atoms with Crippen LogP contribution in [0.1, 0.15) is 21.5 Å². The summed E-state index contributed by atoms with van der Waals surface area (Å²) in [5.74, 6) is -0.334. The zero-order chi connectivity index (χ0) is 19.3. The van der Waals surface area contributed by atoms with E-state index in [0.29, 0.717) is 5.56 Å². The second kappa shape index (κ2) is 7.97. The first-order chi connectivity index (χ1) is 13.7. The van der Waals surface area contributed by atoms with Gasteiger partial charge >= 0.3 is 5.97 Å². The Morgan fingerprint density at radius 2 is 1.46 bits per heavy atom. The third-order valence-corrected chi connectivity index (χ3v) is 4.72. The zero-order valence-corrected chi connectivity index (χ0v) is 15.7. The highest BCUT2D eigenvalue weighted by atomic mass is 16.5. The van der Waals surface area contributed by atoms with E-state index in [1.165, 1.54) is 5.56 Å². The van der Waals surface area contributed by atoms with Gasteiger partial charge in [-0.25, -0.2) is 4.79 Å². The van der Waals surface area contributed by atoms with E-state index in [9.17, 15) is 4.79 Å². The molecule has 0 fully saturated rings. The van der Waals surface area contributed by atoms with E-state index in [0.717, 1.165) is 27.9 Å². The summed E-state index contributed by atoms with van der Waals surface area (Å²) in [6.07, 6.45) is 1.88. The fourth-order valence-corrected chi connectivity index (χ4v) is 3.22. The van der Waals surface area contributed by atoms with Crippen LogP contribution < -0.4 is 0 Å². The number of ether oxygens (including phenoxy) is 1. The van der Waals surface area contributed by atoms with Gasteiger partial charge in [-0.15, -0.1) is 0 Å². The minimum absolute atomic E-state index is 0.242. The van der Waals surface area contributed by atoms with Gasteiger partial charge in [-0.05, 0) is 23.6 Å². The van der Waals surface area contributed by atoms with Crippen LogP contribution in [0, 0.1) is 6.92 Å². The maximum absolute atomic E-state index is 13.1. The van der Waals surface area contributed by atoms with E-state index in [4.69, 9.17) is 4.74 Å². The molecule has 0 amide bonds. The number of carbonyl (C=O) groups excluding carboxylic acids is 1.